The Morgan fingerprint density at radius 2 is 2.22 bits per heavy atom. The van der Waals surface area contributed by atoms with E-state index in [9.17, 15) is 5.11 Å². The van der Waals surface area contributed by atoms with E-state index in [1.54, 1.807) is 0 Å². The van der Waals surface area contributed by atoms with Gasteiger partial charge in [0.05, 0.1) is 6.10 Å². The Morgan fingerprint density at radius 3 is 2.83 bits per heavy atom. The van der Waals surface area contributed by atoms with Crippen LogP contribution in [0.25, 0.3) is 0 Å². The fourth-order valence-electron chi connectivity index (χ4n) is 3.18. The molecular weight excluding hydrogens is 224 g/mol. The molecule has 0 amide bonds. The van der Waals surface area contributed by atoms with Crippen LogP contribution in [0.2, 0.25) is 0 Å². The van der Waals surface area contributed by atoms with Crippen molar-refractivity contribution in [2.24, 2.45) is 24.8 Å². The molecule has 0 radical (unpaired) electrons. The van der Waals surface area contributed by atoms with Crippen molar-refractivity contribution in [1.82, 2.24) is 9.78 Å². The van der Waals surface area contributed by atoms with Gasteiger partial charge in [-0.1, -0.05) is 13.8 Å². The second kappa shape index (κ2) is 5.87. The third-order valence-corrected chi connectivity index (χ3v) is 4.62. The Balaban J connectivity index is 1.89. The smallest absolute Gasteiger partial charge is 0.0568 e. The van der Waals surface area contributed by atoms with E-state index in [0.717, 1.165) is 31.1 Å². The molecule has 3 unspecified atom stereocenters. The summed E-state index contributed by atoms with van der Waals surface area (Å²) in [5, 5.41) is 14.3. The highest BCUT2D eigenvalue weighted by molar-refractivity contribution is 5.00. The third kappa shape index (κ3) is 3.14. The Hall–Kier alpha value is -0.830. The van der Waals surface area contributed by atoms with E-state index in [4.69, 9.17) is 0 Å². The Labute approximate surface area is 110 Å². The summed E-state index contributed by atoms with van der Waals surface area (Å²) in [6.45, 7) is 4.61. The average Bonchev–Trinajstić information content (AvgIpc) is 2.73. The molecule has 2 rings (SSSR count). The maximum Gasteiger partial charge on any atom is 0.0568 e. The number of aromatic nitrogens is 2. The van der Waals surface area contributed by atoms with Crippen LogP contribution in [-0.4, -0.2) is 21.0 Å². The number of aliphatic hydroxyl groups is 1. The molecule has 1 aliphatic rings. The van der Waals surface area contributed by atoms with Crippen molar-refractivity contribution in [3.63, 3.8) is 0 Å². The molecule has 1 aliphatic carbocycles. The minimum atomic E-state index is -0.0896. The van der Waals surface area contributed by atoms with Crippen molar-refractivity contribution >= 4 is 0 Å². The number of rotatable bonds is 4. The molecule has 1 heterocycles. The summed E-state index contributed by atoms with van der Waals surface area (Å²) in [5.74, 6) is 2.02. The lowest BCUT2D eigenvalue weighted by Gasteiger charge is -2.35. The lowest BCUT2D eigenvalue weighted by atomic mass is 9.73. The predicted octanol–water partition coefficient (Wildman–Crippen LogP) is 2.79. The van der Waals surface area contributed by atoms with E-state index in [-0.39, 0.29) is 6.10 Å². The highest BCUT2D eigenvalue weighted by Crippen LogP contribution is 2.36. The summed E-state index contributed by atoms with van der Waals surface area (Å²) in [7, 11) is 1.99. The van der Waals surface area contributed by atoms with Crippen LogP contribution in [0.1, 0.15) is 45.2 Å². The molecule has 18 heavy (non-hydrogen) atoms. The lowest BCUT2D eigenvalue weighted by molar-refractivity contribution is 0.0336. The first kappa shape index (κ1) is 13.6. The maximum atomic E-state index is 10.1. The quantitative estimate of drug-likeness (QED) is 0.892. The molecule has 3 atom stereocenters. The van der Waals surface area contributed by atoms with Crippen LogP contribution in [-0.2, 0) is 13.5 Å². The zero-order chi connectivity index (χ0) is 13.1. The minimum Gasteiger partial charge on any atom is -0.393 e. The fourth-order valence-corrected chi connectivity index (χ4v) is 3.18. The van der Waals surface area contributed by atoms with Crippen molar-refractivity contribution in [2.75, 3.05) is 0 Å². The Bertz CT molecular complexity index is 372. The van der Waals surface area contributed by atoms with Gasteiger partial charge in [0.1, 0.15) is 0 Å². The largest absolute Gasteiger partial charge is 0.393 e. The van der Waals surface area contributed by atoms with E-state index in [1.807, 2.05) is 17.9 Å². The van der Waals surface area contributed by atoms with E-state index in [1.165, 1.54) is 18.5 Å². The van der Waals surface area contributed by atoms with Crippen molar-refractivity contribution in [2.45, 2.75) is 52.1 Å². The second-order valence-corrected chi connectivity index (χ2v) is 6.13. The predicted molar refractivity (Wildman–Crippen MR) is 73.2 cm³/mol. The van der Waals surface area contributed by atoms with E-state index in [2.05, 4.69) is 25.0 Å². The van der Waals surface area contributed by atoms with Gasteiger partial charge in [-0.05, 0) is 55.9 Å². The third-order valence-electron chi connectivity index (χ3n) is 4.62. The first-order valence-corrected chi connectivity index (χ1v) is 7.23. The monoisotopic (exact) mass is 250 g/mol. The molecule has 102 valence electrons. The maximum absolute atomic E-state index is 10.1. The Morgan fingerprint density at radius 1 is 1.44 bits per heavy atom. The van der Waals surface area contributed by atoms with Gasteiger partial charge in [0, 0.05) is 18.9 Å². The van der Waals surface area contributed by atoms with Crippen LogP contribution in [0.5, 0.6) is 0 Å². The van der Waals surface area contributed by atoms with Crippen LogP contribution in [0.15, 0.2) is 12.3 Å². The summed E-state index contributed by atoms with van der Waals surface area (Å²) < 4.78 is 1.94. The molecule has 0 aromatic carbocycles. The van der Waals surface area contributed by atoms with Crippen LogP contribution < -0.4 is 0 Å². The number of nitrogens with zero attached hydrogens (tertiary/aromatic N) is 2. The normalized spacial score (nSPS) is 28.8. The van der Waals surface area contributed by atoms with Gasteiger partial charge in [0.2, 0.25) is 0 Å². The molecule has 0 spiro atoms. The number of aliphatic hydroxyl groups excluding tert-OH is 1. The second-order valence-electron chi connectivity index (χ2n) is 6.13. The molecule has 1 aromatic heterocycles. The Kier molecular flexibility index (Phi) is 4.44. The number of aryl methyl sites for hydroxylation is 2. The van der Waals surface area contributed by atoms with Gasteiger partial charge in [0.15, 0.2) is 0 Å². The van der Waals surface area contributed by atoms with Gasteiger partial charge in [-0.2, -0.15) is 5.10 Å². The first-order valence-electron chi connectivity index (χ1n) is 7.23. The van der Waals surface area contributed by atoms with Gasteiger partial charge in [-0.25, -0.2) is 0 Å². The summed E-state index contributed by atoms with van der Waals surface area (Å²) >= 11 is 0. The lowest BCUT2D eigenvalue weighted by Crippen LogP contribution is -2.31. The van der Waals surface area contributed by atoms with Gasteiger partial charge in [0.25, 0.3) is 0 Å². The van der Waals surface area contributed by atoms with Gasteiger partial charge in [-0.3, -0.25) is 4.68 Å². The standard InChI is InChI=1S/C15H26N2O/c1-11(2)12-5-7-15(18)13(10-12)4-6-14-8-9-16-17(14)3/h8-9,11-13,15,18H,4-7,10H2,1-3H3. The molecule has 3 heteroatoms. The number of hydrogen-bond acceptors (Lipinski definition) is 2. The van der Waals surface area contributed by atoms with E-state index < -0.39 is 0 Å². The SMILES string of the molecule is CC(C)C1CCC(O)C(CCc2ccnn2C)C1. The van der Waals surface area contributed by atoms with Gasteiger partial charge < -0.3 is 5.11 Å². The fraction of sp³-hybridized carbons (Fsp3) is 0.800. The molecule has 0 bridgehead atoms. The molecule has 0 aliphatic heterocycles. The van der Waals surface area contributed by atoms with Crippen molar-refractivity contribution < 1.29 is 5.11 Å². The van der Waals surface area contributed by atoms with Gasteiger partial charge in [-0.15, -0.1) is 0 Å². The summed E-state index contributed by atoms with van der Waals surface area (Å²) in [6, 6.07) is 2.08. The van der Waals surface area contributed by atoms with Crippen molar-refractivity contribution in [3.05, 3.63) is 18.0 Å². The van der Waals surface area contributed by atoms with Crippen molar-refractivity contribution in [1.29, 1.82) is 0 Å². The minimum absolute atomic E-state index is 0.0896. The summed E-state index contributed by atoms with van der Waals surface area (Å²) in [5.41, 5.74) is 1.27. The summed E-state index contributed by atoms with van der Waals surface area (Å²) in [4.78, 5) is 0. The first-order chi connectivity index (χ1) is 8.58. The van der Waals surface area contributed by atoms with Gasteiger partial charge >= 0.3 is 0 Å². The zero-order valence-electron chi connectivity index (χ0n) is 11.8. The van der Waals surface area contributed by atoms with Crippen molar-refractivity contribution in [3.8, 4) is 0 Å². The molecule has 0 saturated heterocycles. The molecule has 1 fully saturated rings. The molecule has 3 nitrogen and oxygen atoms in total. The average molecular weight is 250 g/mol. The topological polar surface area (TPSA) is 38.1 Å². The van der Waals surface area contributed by atoms with E-state index in [0.29, 0.717) is 5.92 Å². The van der Waals surface area contributed by atoms with Crippen LogP contribution in [0, 0.1) is 17.8 Å². The summed E-state index contributed by atoms with van der Waals surface area (Å²) in [6.07, 6.45) is 7.25. The zero-order valence-corrected chi connectivity index (χ0v) is 11.8. The van der Waals surface area contributed by atoms with Crippen LogP contribution in [0.3, 0.4) is 0 Å². The molecule has 1 saturated carbocycles. The molecular formula is C15H26N2O. The highest BCUT2D eigenvalue weighted by atomic mass is 16.3. The number of hydrogen-bond donors (Lipinski definition) is 1. The van der Waals surface area contributed by atoms with E-state index >= 15 is 0 Å². The molecule has 1 N–H and O–H groups in total. The highest BCUT2D eigenvalue weighted by Gasteiger charge is 2.30. The van der Waals surface area contributed by atoms with Crippen LogP contribution >= 0.6 is 0 Å². The van der Waals surface area contributed by atoms with Crippen LogP contribution in [0.4, 0.5) is 0 Å². The molecule has 1 aromatic rings.